The third-order valence-corrected chi connectivity index (χ3v) is 2.53. The van der Waals surface area contributed by atoms with Crippen LogP contribution in [0.25, 0.3) is 0 Å². The molecule has 0 aliphatic rings. The molecular weight excluding hydrogens is 202 g/mol. The Morgan fingerprint density at radius 1 is 1.31 bits per heavy atom. The van der Waals surface area contributed by atoms with Crippen LogP contribution in [0.15, 0.2) is 24.3 Å². The number of ketones is 1. The van der Waals surface area contributed by atoms with E-state index in [-0.39, 0.29) is 5.78 Å². The number of aliphatic hydroxyl groups is 1. The van der Waals surface area contributed by atoms with Gasteiger partial charge in [0.2, 0.25) is 0 Å². The number of aliphatic hydroxyl groups excluding tert-OH is 1. The molecule has 0 radical (unpaired) electrons. The Kier molecular flexibility index (Phi) is 4.50. The van der Waals surface area contributed by atoms with Crippen molar-refractivity contribution in [3.05, 3.63) is 29.8 Å². The Balaban J connectivity index is 2.77. The lowest BCUT2D eigenvalue weighted by atomic mass is 10.0. The summed E-state index contributed by atoms with van der Waals surface area (Å²) in [4.78, 5) is 13.7. The van der Waals surface area contributed by atoms with Crippen LogP contribution in [0.3, 0.4) is 0 Å². The Hall–Kier alpha value is -1.35. The molecule has 16 heavy (non-hydrogen) atoms. The molecule has 0 amide bonds. The predicted octanol–water partition coefficient (Wildman–Crippen LogP) is 2.10. The Morgan fingerprint density at radius 3 is 2.31 bits per heavy atom. The van der Waals surface area contributed by atoms with Crippen LogP contribution in [0, 0.1) is 0 Å². The van der Waals surface area contributed by atoms with E-state index in [1.165, 1.54) is 0 Å². The average Bonchev–Trinajstić information content (AvgIpc) is 2.28. The molecule has 0 aromatic heterocycles. The van der Waals surface area contributed by atoms with Crippen LogP contribution in [0.1, 0.15) is 30.1 Å². The number of carbonyl (C=O) groups is 1. The highest BCUT2D eigenvalue weighted by Crippen LogP contribution is 2.14. The van der Waals surface area contributed by atoms with Gasteiger partial charge in [0.25, 0.3) is 0 Å². The third-order valence-electron chi connectivity index (χ3n) is 2.53. The molecule has 3 nitrogen and oxygen atoms in total. The monoisotopic (exact) mass is 221 g/mol. The molecule has 1 N–H and O–H groups in total. The first-order valence-electron chi connectivity index (χ1n) is 5.56. The average molecular weight is 221 g/mol. The Morgan fingerprint density at radius 2 is 1.88 bits per heavy atom. The van der Waals surface area contributed by atoms with Gasteiger partial charge in [-0.05, 0) is 30.7 Å². The first-order chi connectivity index (χ1) is 7.56. The number of nitrogens with zero attached hydrogens (tertiary/aromatic N) is 1. The number of hydrogen-bond donors (Lipinski definition) is 1. The van der Waals surface area contributed by atoms with E-state index < -0.39 is 6.10 Å². The minimum absolute atomic E-state index is 0.188. The van der Waals surface area contributed by atoms with E-state index in [0.717, 1.165) is 12.1 Å². The third kappa shape index (κ3) is 3.07. The van der Waals surface area contributed by atoms with Gasteiger partial charge in [-0.15, -0.1) is 0 Å². The molecule has 0 heterocycles. The molecule has 1 atom stereocenters. The van der Waals surface area contributed by atoms with Crippen LogP contribution in [0.5, 0.6) is 0 Å². The van der Waals surface area contributed by atoms with E-state index in [0.29, 0.717) is 12.0 Å². The number of carbonyl (C=O) groups excluding carboxylic acids is 1. The molecule has 0 saturated heterocycles. The summed E-state index contributed by atoms with van der Waals surface area (Å²) in [6, 6.07) is 7.28. The molecule has 0 aliphatic carbocycles. The minimum Gasteiger partial charge on any atom is -0.385 e. The molecule has 0 saturated carbocycles. The van der Waals surface area contributed by atoms with E-state index in [1.807, 2.05) is 38.1 Å². The van der Waals surface area contributed by atoms with Crippen molar-refractivity contribution >= 4 is 11.5 Å². The SMILES string of the molecule is CCCC(O)C(=O)c1ccc(N(C)C)cc1. The Labute approximate surface area is 96.7 Å². The molecular formula is C13H19NO2. The zero-order chi connectivity index (χ0) is 12.1. The van der Waals surface area contributed by atoms with E-state index in [4.69, 9.17) is 0 Å². The second kappa shape index (κ2) is 5.66. The van der Waals surface area contributed by atoms with Crippen molar-refractivity contribution in [1.29, 1.82) is 0 Å². The summed E-state index contributed by atoms with van der Waals surface area (Å²) >= 11 is 0. The maximum Gasteiger partial charge on any atom is 0.191 e. The zero-order valence-electron chi connectivity index (χ0n) is 10.1. The van der Waals surface area contributed by atoms with Crippen molar-refractivity contribution in [3.8, 4) is 0 Å². The molecule has 0 bridgehead atoms. The molecule has 1 aromatic rings. The molecule has 0 spiro atoms. The second-order valence-electron chi connectivity index (χ2n) is 4.11. The Bertz CT molecular complexity index is 343. The molecule has 1 rings (SSSR count). The topological polar surface area (TPSA) is 40.5 Å². The largest absolute Gasteiger partial charge is 0.385 e. The highest BCUT2D eigenvalue weighted by molar-refractivity contribution is 5.99. The van der Waals surface area contributed by atoms with Gasteiger partial charge in [0, 0.05) is 25.3 Å². The molecule has 0 aliphatic heterocycles. The lowest BCUT2D eigenvalue weighted by Gasteiger charge is -2.13. The summed E-state index contributed by atoms with van der Waals surface area (Å²) in [5.74, 6) is -0.188. The highest BCUT2D eigenvalue weighted by Gasteiger charge is 2.15. The fraction of sp³-hybridized carbons (Fsp3) is 0.462. The summed E-state index contributed by atoms with van der Waals surface area (Å²) in [7, 11) is 3.89. The van der Waals surface area contributed by atoms with Crippen LogP contribution in [0.4, 0.5) is 5.69 Å². The van der Waals surface area contributed by atoms with Gasteiger partial charge in [0.1, 0.15) is 6.10 Å². The van der Waals surface area contributed by atoms with Gasteiger partial charge in [-0.2, -0.15) is 0 Å². The van der Waals surface area contributed by atoms with Crippen molar-refractivity contribution in [1.82, 2.24) is 0 Å². The van der Waals surface area contributed by atoms with E-state index in [2.05, 4.69) is 0 Å². The molecule has 1 aromatic carbocycles. The van der Waals surface area contributed by atoms with E-state index >= 15 is 0 Å². The van der Waals surface area contributed by atoms with Crippen LogP contribution >= 0.6 is 0 Å². The predicted molar refractivity (Wildman–Crippen MR) is 66.0 cm³/mol. The standard InChI is InChI=1S/C13H19NO2/c1-4-5-12(15)13(16)10-6-8-11(9-7-10)14(2)3/h6-9,12,15H,4-5H2,1-3H3. The van der Waals surface area contributed by atoms with Crippen LogP contribution < -0.4 is 4.90 Å². The maximum absolute atomic E-state index is 11.8. The van der Waals surface area contributed by atoms with Gasteiger partial charge in [-0.25, -0.2) is 0 Å². The fourth-order valence-corrected chi connectivity index (χ4v) is 1.52. The normalized spacial score (nSPS) is 12.2. The first-order valence-corrected chi connectivity index (χ1v) is 5.56. The van der Waals surface area contributed by atoms with Crippen molar-refractivity contribution in [2.45, 2.75) is 25.9 Å². The van der Waals surface area contributed by atoms with Crippen molar-refractivity contribution in [2.75, 3.05) is 19.0 Å². The van der Waals surface area contributed by atoms with Crippen molar-refractivity contribution < 1.29 is 9.90 Å². The maximum atomic E-state index is 11.8. The first kappa shape index (κ1) is 12.7. The van der Waals surface area contributed by atoms with Gasteiger partial charge in [0.15, 0.2) is 5.78 Å². The minimum atomic E-state index is -0.866. The number of Topliss-reactive ketones (excluding diaryl/α,β-unsaturated/α-hetero) is 1. The highest BCUT2D eigenvalue weighted by atomic mass is 16.3. The van der Waals surface area contributed by atoms with Crippen LogP contribution in [-0.4, -0.2) is 31.1 Å². The second-order valence-corrected chi connectivity index (χ2v) is 4.11. The van der Waals surface area contributed by atoms with Crippen molar-refractivity contribution in [2.24, 2.45) is 0 Å². The van der Waals surface area contributed by atoms with Gasteiger partial charge >= 0.3 is 0 Å². The zero-order valence-corrected chi connectivity index (χ0v) is 10.1. The fourth-order valence-electron chi connectivity index (χ4n) is 1.52. The number of benzene rings is 1. The molecule has 88 valence electrons. The van der Waals surface area contributed by atoms with Gasteiger partial charge < -0.3 is 10.0 Å². The number of anilines is 1. The van der Waals surface area contributed by atoms with Gasteiger partial charge in [-0.3, -0.25) is 4.79 Å². The summed E-state index contributed by atoms with van der Waals surface area (Å²) in [6.45, 7) is 1.95. The quantitative estimate of drug-likeness (QED) is 0.774. The van der Waals surface area contributed by atoms with Crippen LogP contribution in [-0.2, 0) is 0 Å². The molecule has 1 unspecified atom stereocenters. The lowest BCUT2D eigenvalue weighted by molar-refractivity contribution is 0.0729. The number of rotatable bonds is 5. The molecule has 3 heteroatoms. The number of hydrogen-bond acceptors (Lipinski definition) is 3. The van der Waals surface area contributed by atoms with Gasteiger partial charge in [0.05, 0.1) is 0 Å². The van der Waals surface area contributed by atoms with E-state index in [1.54, 1.807) is 12.1 Å². The summed E-state index contributed by atoms with van der Waals surface area (Å²) in [6.07, 6.45) is 0.465. The van der Waals surface area contributed by atoms with Crippen molar-refractivity contribution in [3.63, 3.8) is 0 Å². The summed E-state index contributed by atoms with van der Waals surface area (Å²) < 4.78 is 0. The van der Waals surface area contributed by atoms with Gasteiger partial charge in [-0.1, -0.05) is 13.3 Å². The lowest BCUT2D eigenvalue weighted by Crippen LogP contribution is -2.20. The smallest absolute Gasteiger partial charge is 0.191 e. The summed E-state index contributed by atoms with van der Waals surface area (Å²) in [5.41, 5.74) is 1.62. The van der Waals surface area contributed by atoms with E-state index in [9.17, 15) is 9.90 Å². The summed E-state index contributed by atoms with van der Waals surface area (Å²) in [5, 5.41) is 9.59. The van der Waals surface area contributed by atoms with Crippen LogP contribution in [0.2, 0.25) is 0 Å². The molecule has 0 fully saturated rings.